The van der Waals surface area contributed by atoms with Crippen LogP contribution in [0.25, 0.3) is 21.9 Å². The van der Waals surface area contributed by atoms with E-state index >= 15 is 0 Å². The Balaban J connectivity index is 1.44. The quantitative estimate of drug-likeness (QED) is 0.375. The summed E-state index contributed by atoms with van der Waals surface area (Å²) in [5, 5.41) is 5.14. The molecule has 1 N–H and O–H groups in total. The molecule has 0 spiro atoms. The van der Waals surface area contributed by atoms with Crippen LogP contribution in [0.2, 0.25) is 0 Å². The van der Waals surface area contributed by atoms with Gasteiger partial charge in [0.25, 0.3) is 5.56 Å². The van der Waals surface area contributed by atoms with Gasteiger partial charge in [0.05, 0.1) is 20.4 Å². The fourth-order valence-electron chi connectivity index (χ4n) is 3.64. The van der Waals surface area contributed by atoms with E-state index in [0.29, 0.717) is 28.4 Å². The van der Waals surface area contributed by atoms with Crippen LogP contribution in [0.15, 0.2) is 77.0 Å². The highest BCUT2D eigenvalue weighted by Gasteiger charge is 2.12. The summed E-state index contributed by atoms with van der Waals surface area (Å²) in [6.45, 7) is 0.272. The number of rotatable bonds is 7. The molecule has 0 atom stereocenters. The predicted molar refractivity (Wildman–Crippen MR) is 129 cm³/mol. The molecule has 0 saturated carbocycles. The number of nitrogens with zero attached hydrogens (tertiary/aromatic N) is 4. The van der Waals surface area contributed by atoms with Gasteiger partial charge in [-0.3, -0.25) is 4.79 Å². The third-order valence-electron chi connectivity index (χ3n) is 5.35. The first-order valence-corrected chi connectivity index (χ1v) is 10.5. The summed E-state index contributed by atoms with van der Waals surface area (Å²) >= 11 is 0. The first-order valence-electron chi connectivity index (χ1n) is 10.5. The highest BCUT2D eigenvalue weighted by molar-refractivity contribution is 6.04. The Hall–Kier alpha value is -4.66. The topological polar surface area (TPSA) is 104 Å². The lowest BCUT2D eigenvalue weighted by atomic mass is 10.1. The standard InChI is InChI=1S/C25H21N5O4/c1-32-18-7-8-20-19(12-18)23-24(29-20)25(31)30(15-27-23)28-13-16-6-9-21(33-2)17(11-16)14-34-22-5-3-4-10-26-22/h3-13,15,29H,14H2,1-2H3. The lowest BCUT2D eigenvalue weighted by Crippen LogP contribution is -2.17. The van der Waals surface area contributed by atoms with Crippen LogP contribution in [0, 0.1) is 0 Å². The Morgan fingerprint density at radius 2 is 1.97 bits per heavy atom. The molecule has 9 heteroatoms. The molecule has 0 amide bonds. The number of benzene rings is 2. The molecule has 0 aliphatic carbocycles. The van der Waals surface area contributed by atoms with Gasteiger partial charge in [-0.25, -0.2) is 9.97 Å². The maximum Gasteiger partial charge on any atom is 0.298 e. The number of aromatic amines is 1. The molecule has 0 unspecified atom stereocenters. The minimum Gasteiger partial charge on any atom is -0.497 e. The zero-order valence-electron chi connectivity index (χ0n) is 18.6. The van der Waals surface area contributed by atoms with Crippen LogP contribution in [0.1, 0.15) is 11.1 Å². The maximum absolute atomic E-state index is 13.0. The van der Waals surface area contributed by atoms with E-state index in [1.807, 2.05) is 48.5 Å². The van der Waals surface area contributed by atoms with Crippen molar-refractivity contribution in [2.45, 2.75) is 6.61 Å². The third-order valence-corrected chi connectivity index (χ3v) is 5.35. The Kier molecular flexibility index (Phi) is 5.65. The molecule has 5 aromatic rings. The molecule has 5 rings (SSSR count). The molecule has 0 aliphatic heterocycles. The minimum absolute atomic E-state index is 0.272. The zero-order chi connectivity index (χ0) is 23.5. The normalized spacial score (nSPS) is 11.4. The van der Waals surface area contributed by atoms with Crippen molar-refractivity contribution in [3.63, 3.8) is 0 Å². The molecule has 9 nitrogen and oxygen atoms in total. The average molecular weight is 455 g/mol. The fourth-order valence-corrected chi connectivity index (χ4v) is 3.64. The summed E-state index contributed by atoms with van der Waals surface area (Å²) in [6.07, 6.45) is 4.66. The first-order chi connectivity index (χ1) is 16.7. The van der Waals surface area contributed by atoms with E-state index in [-0.39, 0.29) is 12.2 Å². The zero-order valence-corrected chi connectivity index (χ0v) is 18.6. The van der Waals surface area contributed by atoms with E-state index in [2.05, 4.69) is 20.1 Å². The molecule has 34 heavy (non-hydrogen) atoms. The van der Waals surface area contributed by atoms with Crippen molar-refractivity contribution in [1.29, 1.82) is 0 Å². The summed E-state index contributed by atoms with van der Waals surface area (Å²) in [5.41, 5.74) is 3.04. The van der Waals surface area contributed by atoms with E-state index in [4.69, 9.17) is 14.2 Å². The van der Waals surface area contributed by atoms with Gasteiger partial charge in [-0.15, -0.1) is 0 Å². The van der Waals surface area contributed by atoms with Crippen LogP contribution in [0.3, 0.4) is 0 Å². The molecule has 0 radical (unpaired) electrons. The second-order valence-corrected chi connectivity index (χ2v) is 7.43. The van der Waals surface area contributed by atoms with Crippen LogP contribution in [-0.4, -0.2) is 40.1 Å². The van der Waals surface area contributed by atoms with Gasteiger partial charge < -0.3 is 19.2 Å². The Morgan fingerprint density at radius 3 is 2.76 bits per heavy atom. The molecule has 0 saturated heterocycles. The molecular weight excluding hydrogens is 434 g/mol. The van der Waals surface area contributed by atoms with E-state index in [1.165, 1.54) is 11.0 Å². The van der Waals surface area contributed by atoms with E-state index in [1.54, 1.807) is 32.7 Å². The van der Waals surface area contributed by atoms with E-state index in [9.17, 15) is 4.79 Å². The van der Waals surface area contributed by atoms with Gasteiger partial charge in [-0.2, -0.15) is 9.78 Å². The number of aromatic nitrogens is 4. The van der Waals surface area contributed by atoms with Crippen molar-refractivity contribution >= 4 is 28.2 Å². The van der Waals surface area contributed by atoms with Crippen molar-refractivity contribution in [2.75, 3.05) is 14.2 Å². The van der Waals surface area contributed by atoms with Crippen LogP contribution in [0.4, 0.5) is 0 Å². The SMILES string of the molecule is COc1ccc2[nH]c3c(=O)n(N=Cc4ccc(OC)c(COc5ccccn5)c4)cnc3c2c1. The Morgan fingerprint density at radius 1 is 1.06 bits per heavy atom. The van der Waals surface area contributed by atoms with E-state index in [0.717, 1.165) is 22.0 Å². The molecular formula is C25H21N5O4. The van der Waals surface area contributed by atoms with Gasteiger partial charge in [0, 0.05) is 28.7 Å². The van der Waals surface area contributed by atoms with Crippen molar-refractivity contribution in [2.24, 2.45) is 5.10 Å². The number of nitrogens with one attached hydrogen (secondary N) is 1. The Labute approximate surface area is 194 Å². The highest BCUT2D eigenvalue weighted by Crippen LogP contribution is 2.25. The summed E-state index contributed by atoms with van der Waals surface area (Å²) in [5.74, 6) is 1.90. The van der Waals surface area contributed by atoms with Crippen molar-refractivity contribution < 1.29 is 14.2 Å². The van der Waals surface area contributed by atoms with Gasteiger partial charge in [0.15, 0.2) is 0 Å². The smallest absolute Gasteiger partial charge is 0.298 e. The molecule has 0 fully saturated rings. The molecule has 2 aromatic carbocycles. The van der Waals surface area contributed by atoms with Gasteiger partial charge in [0.1, 0.15) is 35.5 Å². The third kappa shape index (κ3) is 4.06. The summed E-state index contributed by atoms with van der Waals surface area (Å²) < 4.78 is 17.7. The first kappa shape index (κ1) is 21.2. The monoisotopic (exact) mass is 455 g/mol. The average Bonchev–Trinajstić information content (AvgIpc) is 3.26. The molecule has 0 bridgehead atoms. The van der Waals surface area contributed by atoms with Gasteiger partial charge in [0.2, 0.25) is 5.88 Å². The second-order valence-electron chi connectivity index (χ2n) is 7.43. The second kappa shape index (κ2) is 9.07. The lowest BCUT2D eigenvalue weighted by molar-refractivity contribution is 0.285. The number of fused-ring (bicyclic) bond motifs is 3. The van der Waals surface area contributed by atoms with Crippen LogP contribution in [-0.2, 0) is 6.61 Å². The maximum atomic E-state index is 13.0. The number of pyridine rings is 1. The number of ether oxygens (including phenoxy) is 3. The fraction of sp³-hybridized carbons (Fsp3) is 0.120. The number of hydrogen-bond acceptors (Lipinski definition) is 7. The van der Waals surface area contributed by atoms with Crippen LogP contribution in [0.5, 0.6) is 17.4 Å². The number of methoxy groups -OCH3 is 2. The van der Waals surface area contributed by atoms with Gasteiger partial charge >= 0.3 is 0 Å². The molecule has 3 aromatic heterocycles. The van der Waals surface area contributed by atoms with Crippen LogP contribution < -0.4 is 19.8 Å². The van der Waals surface area contributed by atoms with E-state index < -0.39 is 0 Å². The van der Waals surface area contributed by atoms with Gasteiger partial charge in [-0.05, 0) is 48.0 Å². The Bertz CT molecular complexity index is 1560. The number of H-pyrrole nitrogens is 1. The predicted octanol–water partition coefficient (Wildman–Crippen LogP) is 3.75. The van der Waals surface area contributed by atoms with Gasteiger partial charge in [-0.1, -0.05) is 6.07 Å². The highest BCUT2D eigenvalue weighted by atomic mass is 16.5. The lowest BCUT2D eigenvalue weighted by Gasteiger charge is -2.10. The summed E-state index contributed by atoms with van der Waals surface area (Å²) in [7, 11) is 3.20. The molecule has 3 heterocycles. The summed E-state index contributed by atoms with van der Waals surface area (Å²) in [4.78, 5) is 24.7. The molecule has 170 valence electrons. The number of hydrogen-bond donors (Lipinski definition) is 1. The molecule has 0 aliphatic rings. The van der Waals surface area contributed by atoms with Crippen molar-refractivity contribution in [1.82, 2.24) is 19.6 Å². The summed E-state index contributed by atoms with van der Waals surface area (Å²) in [6, 6.07) is 16.6. The van der Waals surface area contributed by atoms with Crippen molar-refractivity contribution in [3.05, 3.63) is 88.6 Å². The van der Waals surface area contributed by atoms with Crippen molar-refractivity contribution in [3.8, 4) is 17.4 Å². The largest absolute Gasteiger partial charge is 0.497 e. The van der Waals surface area contributed by atoms with Crippen LogP contribution >= 0.6 is 0 Å². The minimum atomic E-state index is -0.302.